The number of nitrogens with zero attached hydrogens (tertiary/aromatic N) is 1. The summed E-state index contributed by atoms with van der Waals surface area (Å²) in [6, 6.07) is 11.7. The summed E-state index contributed by atoms with van der Waals surface area (Å²) in [4.78, 5) is 15.4. The third kappa shape index (κ3) is 2.65. The van der Waals surface area contributed by atoms with Crippen LogP contribution >= 0.6 is 0 Å². The third-order valence-electron chi connectivity index (χ3n) is 3.96. The van der Waals surface area contributed by atoms with Gasteiger partial charge >= 0.3 is 5.97 Å². The van der Waals surface area contributed by atoms with E-state index in [1.807, 2.05) is 26.0 Å². The number of hydrogen-bond acceptors (Lipinski definition) is 4. The number of para-hydroxylation sites is 1. The molecule has 0 bridgehead atoms. The van der Waals surface area contributed by atoms with Gasteiger partial charge in [0.05, 0.1) is 5.52 Å². The average Bonchev–Trinajstić information content (AvgIpc) is 2.52. The first-order chi connectivity index (χ1) is 11.4. The maximum absolute atomic E-state index is 11.2. The van der Waals surface area contributed by atoms with Crippen LogP contribution in [0.5, 0.6) is 11.5 Å². The van der Waals surface area contributed by atoms with E-state index in [1.54, 1.807) is 24.3 Å². The highest BCUT2D eigenvalue weighted by atomic mass is 16.4. The highest BCUT2D eigenvalue weighted by Gasteiger charge is 2.16. The first kappa shape index (κ1) is 15.8. The molecular formula is C19H17NO4. The number of fused-ring (bicyclic) bond motifs is 1. The lowest BCUT2D eigenvalue weighted by molar-refractivity contribution is 0.0691. The number of carbonyl (C=O) groups is 1. The van der Waals surface area contributed by atoms with E-state index in [-0.39, 0.29) is 23.1 Å². The van der Waals surface area contributed by atoms with Gasteiger partial charge in [0.1, 0.15) is 17.2 Å². The topological polar surface area (TPSA) is 90.7 Å². The maximum Gasteiger partial charge on any atom is 0.354 e. The van der Waals surface area contributed by atoms with Gasteiger partial charge in [-0.1, -0.05) is 38.1 Å². The minimum atomic E-state index is -1.10. The van der Waals surface area contributed by atoms with Gasteiger partial charge in [-0.2, -0.15) is 0 Å². The number of carboxylic acid groups (broad SMARTS) is 1. The van der Waals surface area contributed by atoms with Crippen molar-refractivity contribution in [1.82, 2.24) is 4.98 Å². The third-order valence-corrected chi connectivity index (χ3v) is 3.96. The van der Waals surface area contributed by atoms with Crippen LogP contribution in [0.2, 0.25) is 0 Å². The van der Waals surface area contributed by atoms with Gasteiger partial charge < -0.3 is 15.3 Å². The van der Waals surface area contributed by atoms with E-state index in [1.165, 1.54) is 6.07 Å². The van der Waals surface area contributed by atoms with E-state index in [9.17, 15) is 15.0 Å². The van der Waals surface area contributed by atoms with E-state index in [0.717, 1.165) is 5.39 Å². The second-order valence-corrected chi connectivity index (χ2v) is 5.96. The van der Waals surface area contributed by atoms with E-state index < -0.39 is 5.97 Å². The predicted octanol–water partition coefficient (Wildman–Crippen LogP) is 4.13. The molecule has 122 valence electrons. The monoisotopic (exact) mass is 323 g/mol. The summed E-state index contributed by atoms with van der Waals surface area (Å²) in [6.07, 6.45) is 0. The molecule has 1 heterocycles. The highest BCUT2D eigenvalue weighted by molar-refractivity contribution is 5.97. The summed E-state index contributed by atoms with van der Waals surface area (Å²) in [5.74, 6) is -1.12. The van der Waals surface area contributed by atoms with Crippen LogP contribution in [0.1, 0.15) is 35.8 Å². The smallest absolute Gasteiger partial charge is 0.354 e. The molecule has 2 aromatic carbocycles. The summed E-state index contributed by atoms with van der Waals surface area (Å²) in [5.41, 5.74) is 2.17. The van der Waals surface area contributed by atoms with Gasteiger partial charge in [-0.3, -0.25) is 0 Å². The number of rotatable bonds is 3. The van der Waals surface area contributed by atoms with E-state index in [4.69, 9.17) is 5.11 Å². The van der Waals surface area contributed by atoms with Crippen LogP contribution in [0.3, 0.4) is 0 Å². The first-order valence-corrected chi connectivity index (χ1v) is 7.57. The second kappa shape index (κ2) is 5.85. The van der Waals surface area contributed by atoms with Crippen molar-refractivity contribution >= 4 is 16.9 Å². The number of pyridine rings is 1. The number of benzene rings is 2. The van der Waals surface area contributed by atoms with Crippen molar-refractivity contribution in [3.63, 3.8) is 0 Å². The summed E-state index contributed by atoms with van der Waals surface area (Å²) in [6.45, 7) is 3.76. The van der Waals surface area contributed by atoms with Gasteiger partial charge in [0.25, 0.3) is 0 Å². The fraction of sp³-hybridized carbons (Fsp3) is 0.158. The van der Waals surface area contributed by atoms with Gasteiger partial charge in [-0.15, -0.1) is 0 Å². The van der Waals surface area contributed by atoms with Gasteiger partial charge in [0, 0.05) is 16.5 Å². The van der Waals surface area contributed by atoms with Crippen molar-refractivity contribution in [3.8, 4) is 22.6 Å². The predicted molar refractivity (Wildman–Crippen MR) is 91.6 cm³/mol. The molecule has 0 fully saturated rings. The number of hydrogen-bond donors (Lipinski definition) is 3. The largest absolute Gasteiger partial charge is 0.507 e. The lowest BCUT2D eigenvalue weighted by Crippen LogP contribution is -2.00. The molecule has 0 spiro atoms. The fourth-order valence-corrected chi connectivity index (χ4v) is 2.87. The van der Waals surface area contributed by atoms with Crippen LogP contribution in [0.15, 0.2) is 42.5 Å². The maximum atomic E-state index is 11.2. The SMILES string of the molecule is CC(C)c1c(O)cc(-c2cccc3ccc(C(=O)O)nc23)cc1O. The quantitative estimate of drug-likeness (QED) is 0.674. The molecule has 3 rings (SSSR count). The molecule has 5 heteroatoms. The van der Waals surface area contributed by atoms with Gasteiger partial charge in [0.2, 0.25) is 0 Å². The van der Waals surface area contributed by atoms with Crippen LogP contribution < -0.4 is 0 Å². The molecule has 0 unspecified atom stereocenters. The van der Waals surface area contributed by atoms with E-state index >= 15 is 0 Å². The lowest BCUT2D eigenvalue weighted by atomic mass is 9.95. The van der Waals surface area contributed by atoms with Crippen molar-refractivity contribution in [2.24, 2.45) is 0 Å². The minimum absolute atomic E-state index is 0.00592. The van der Waals surface area contributed by atoms with Crippen LogP contribution in [-0.4, -0.2) is 26.3 Å². The molecule has 0 aliphatic carbocycles. The molecule has 3 aromatic rings. The molecule has 0 saturated carbocycles. The van der Waals surface area contributed by atoms with Crippen molar-refractivity contribution in [1.29, 1.82) is 0 Å². The summed E-state index contributed by atoms with van der Waals surface area (Å²) >= 11 is 0. The van der Waals surface area contributed by atoms with Crippen LogP contribution in [0.4, 0.5) is 0 Å². The highest BCUT2D eigenvalue weighted by Crippen LogP contribution is 2.39. The Balaban J connectivity index is 2.26. The van der Waals surface area contributed by atoms with Gasteiger partial charge in [0.15, 0.2) is 0 Å². The Kier molecular flexibility index (Phi) is 3.85. The zero-order chi connectivity index (χ0) is 17.4. The second-order valence-electron chi connectivity index (χ2n) is 5.96. The molecule has 0 aliphatic heterocycles. The fourth-order valence-electron chi connectivity index (χ4n) is 2.87. The molecular weight excluding hydrogens is 306 g/mol. The van der Waals surface area contributed by atoms with Gasteiger partial charge in [-0.05, 0) is 29.7 Å². The van der Waals surface area contributed by atoms with E-state index in [2.05, 4.69) is 4.98 Å². The number of phenols is 2. The number of carboxylic acids is 1. The molecule has 0 atom stereocenters. The summed E-state index contributed by atoms with van der Waals surface area (Å²) in [7, 11) is 0. The number of aromatic nitrogens is 1. The Labute approximate surface area is 138 Å². The van der Waals surface area contributed by atoms with Crippen molar-refractivity contribution in [3.05, 3.63) is 53.7 Å². The molecule has 0 saturated heterocycles. The first-order valence-electron chi connectivity index (χ1n) is 7.57. The summed E-state index contributed by atoms with van der Waals surface area (Å²) in [5, 5.41) is 30.4. The molecule has 1 aromatic heterocycles. The van der Waals surface area contributed by atoms with Crippen molar-refractivity contribution < 1.29 is 20.1 Å². The lowest BCUT2D eigenvalue weighted by Gasteiger charge is -2.14. The van der Waals surface area contributed by atoms with Crippen molar-refractivity contribution in [2.75, 3.05) is 0 Å². The molecule has 0 amide bonds. The Bertz CT molecular complexity index is 924. The van der Waals surface area contributed by atoms with Crippen molar-refractivity contribution in [2.45, 2.75) is 19.8 Å². The Morgan fingerprint density at radius 3 is 2.29 bits per heavy atom. The molecule has 3 N–H and O–H groups in total. The van der Waals surface area contributed by atoms with Crippen LogP contribution in [-0.2, 0) is 0 Å². The average molecular weight is 323 g/mol. The molecule has 0 aliphatic rings. The minimum Gasteiger partial charge on any atom is -0.507 e. The Morgan fingerprint density at radius 1 is 1.04 bits per heavy atom. The zero-order valence-electron chi connectivity index (χ0n) is 13.3. The van der Waals surface area contributed by atoms with Gasteiger partial charge in [-0.25, -0.2) is 9.78 Å². The molecule has 5 nitrogen and oxygen atoms in total. The zero-order valence-corrected chi connectivity index (χ0v) is 13.3. The number of aromatic carboxylic acids is 1. The van der Waals surface area contributed by atoms with Crippen LogP contribution in [0, 0.1) is 0 Å². The normalized spacial score (nSPS) is 11.1. The van der Waals surface area contributed by atoms with Crippen LogP contribution in [0.25, 0.3) is 22.0 Å². The van der Waals surface area contributed by atoms with E-state index in [0.29, 0.717) is 22.2 Å². The molecule has 24 heavy (non-hydrogen) atoms. The Hall–Kier alpha value is -3.08. The number of phenolic OH excluding ortho intramolecular Hbond substituents is 2. The summed E-state index contributed by atoms with van der Waals surface area (Å²) < 4.78 is 0. The molecule has 0 radical (unpaired) electrons. The standard InChI is InChI=1S/C19H17NO4/c1-10(2)17-15(21)8-12(9-16(17)22)13-5-3-4-11-6-7-14(19(23)24)20-18(11)13/h3-10,21-22H,1-2H3,(H,23,24). The number of aromatic hydroxyl groups is 2. The Morgan fingerprint density at radius 2 is 1.71 bits per heavy atom.